The second kappa shape index (κ2) is 9.66. The molecular formula is C15H22O3. The van der Waals surface area contributed by atoms with E-state index in [4.69, 9.17) is 9.84 Å². The van der Waals surface area contributed by atoms with Gasteiger partial charge in [-0.25, -0.2) is 0 Å². The van der Waals surface area contributed by atoms with Gasteiger partial charge in [-0.1, -0.05) is 30.3 Å². The fourth-order valence-electron chi connectivity index (χ4n) is 1.72. The van der Waals surface area contributed by atoms with E-state index in [0.29, 0.717) is 25.9 Å². The van der Waals surface area contributed by atoms with Crippen molar-refractivity contribution < 1.29 is 14.6 Å². The Morgan fingerprint density at radius 2 is 1.83 bits per heavy atom. The minimum absolute atomic E-state index is 0.143. The van der Waals surface area contributed by atoms with Crippen LogP contribution in [-0.4, -0.2) is 24.3 Å². The number of rotatable bonds is 9. The van der Waals surface area contributed by atoms with Gasteiger partial charge >= 0.3 is 5.97 Å². The number of aliphatic hydroxyl groups excluding tert-OH is 1. The second-order valence-electron chi connectivity index (χ2n) is 4.34. The van der Waals surface area contributed by atoms with Crippen molar-refractivity contribution in [3.63, 3.8) is 0 Å². The number of carbonyl (C=O) groups excluding carboxylic acids is 1. The minimum Gasteiger partial charge on any atom is -0.466 e. The summed E-state index contributed by atoms with van der Waals surface area (Å²) in [6.07, 6.45) is 4.76. The summed E-state index contributed by atoms with van der Waals surface area (Å²) in [5.41, 5.74) is 1.33. The van der Waals surface area contributed by atoms with Gasteiger partial charge in [0.1, 0.15) is 0 Å². The molecule has 0 amide bonds. The molecule has 0 saturated heterocycles. The van der Waals surface area contributed by atoms with E-state index in [2.05, 4.69) is 12.1 Å². The van der Waals surface area contributed by atoms with E-state index in [9.17, 15) is 4.79 Å². The highest BCUT2D eigenvalue weighted by molar-refractivity contribution is 5.69. The number of esters is 1. The molecule has 0 aliphatic heterocycles. The van der Waals surface area contributed by atoms with Gasteiger partial charge in [-0.2, -0.15) is 0 Å². The van der Waals surface area contributed by atoms with Gasteiger partial charge in [0.25, 0.3) is 0 Å². The Hall–Kier alpha value is -1.35. The first-order valence-electron chi connectivity index (χ1n) is 6.63. The van der Waals surface area contributed by atoms with Crippen LogP contribution in [0.3, 0.4) is 0 Å². The van der Waals surface area contributed by atoms with Gasteiger partial charge in [-0.3, -0.25) is 4.79 Å². The van der Waals surface area contributed by atoms with Gasteiger partial charge in [-0.05, 0) is 37.7 Å². The number of carbonyl (C=O) groups is 1. The Morgan fingerprint density at radius 1 is 1.06 bits per heavy atom. The zero-order valence-electron chi connectivity index (χ0n) is 10.8. The molecule has 0 aliphatic carbocycles. The number of hydrogen-bond acceptors (Lipinski definition) is 3. The largest absolute Gasteiger partial charge is 0.466 e. The van der Waals surface area contributed by atoms with Gasteiger partial charge < -0.3 is 9.84 Å². The van der Waals surface area contributed by atoms with Crippen molar-refractivity contribution in [1.82, 2.24) is 0 Å². The lowest BCUT2D eigenvalue weighted by atomic mass is 10.1. The number of unbranched alkanes of at least 4 members (excludes halogenated alkanes) is 2. The van der Waals surface area contributed by atoms with Crippen LogP contribution < -0.4 is 0 Å². The number of benzene rings is 1. The van der Waals surface area contributed by atoms with Crippen molar-refractivity contribution in [3.05, 3.63) is 35.9 Å². The average molecular weight is 250 g/mol. The topological polar surface area (TPSA) is 46.5 Å². The molecule has 0 spiro atoms. The SMILES string of the molecule is O=C(CCCCO)OCCCCc1ccccc1. The van der Waals surface area contributed by atoms with E-state index in [1.54, 1.807) is 0 Å². The molecule has 1 N–H and O–H groups in total. The molecule has 0 aliphatic rings. The summed E-state index contributed by atoms with van der Waals surface area (Å²) in [5, 5.41) is 8.58. The van der Waals surface area contributed by atoms with Crippen molar-refractivity contribution >= 4 is 5.97 Å². The Morgan fingerprint density at radius 3 is 2.56 bits per heavy atom. The quantitative estimate of drug-likeness (QED) is 0.541. The van der Waals surface area contributed by atoms with Crippen LogP contribution in [0.2, 0.25) is 0 Å². The summed E-state index contributed by atoms with van der Waals surface area (Å²) in [7, 11) is 0. The highest BCUT2D eigenvalue weighted by Crippen LogP contribution is 2.05. The Kier molecular flexibility index (Phi) is 7.89. The maximum Gasteiger partial charge on any atom is 0.305 e. The summed E-state index contributed by atoms with van der Waals surface area (Å²) in [5.74, 6) is -0.150. The van der Waals surface area contributed by atoms with Gasteiger partial charge in [0.15, 0.2) is 0 Å². The third-order valence-electron chi connectivity index (χ3n) is 2.75. The smallest absolute Gasteiger partial charge is 0.305 e. The van der Waals surface area contributed by atoms with Crippen molar-refractivity contribution in [1.29, 1.82) is 0 Å². The number of aliphatic hydroxyl groups is 1. The maximum atomic E-state index is 11.2. The van der Waals surface area contributed by atoms with Crippen LogP contribution in [0.25, 0.3) is 0 Å². The molecule has 0 radical (unpaired) electrons. The normalized spacial score (nSPS) is 10.3. The molecule has 3 heteroatoms. The van der Waals surface area contributed by atoms with E-state index in [1.165, 1.54) is 5.56 Å². The number of aryl methyl sites for hydroxylation is 1. The van der Waals surface area contributed by atoms with Crippen molar-refractivity contribution in [2.75, 3.05) is 13.2 Å². The summed E-state index contributed by atoms with van der Waals surface area (Å²) in [6.45, 7) is 0.648. The number of hydrogen-bond donors (Lipinski definition) is 1. The van der Waals surface area contributed by atoms with Gasteiger partial charge in [0, 0.05) is 13.0 Å². The van der Waals surface area contributed by atoms with Crippen LogP contribution >= 0.6 is 0 Å². The first-order valence-corrected chi connectivity index (χ1v) is 6.63. The van der Waals surface area contributed by atoms with E-state index >= 15 is 0 Å². The first kappa shape index (κ1) is 14.7. The molecule has 0 atom stereocenters. The molecule has 0 aromatic heterocycles. The summed E-state index contributed by atoms with van der Waals surface area (Å²) in [4.78, 5) is 11.2. The number of ether oxygens (including phenoxy) is 1. The van der Waals surface area contributed by atoms with Crippen molar-refractivity contribution in [2.45, 2.75) is 38.5 Å². The van der Waals surface area contributed by atoms with Crippen LogP contribution in [-0.2, 0) is 16.0 Å². The van der Waals surface area contributed by atoms with E-state index in [0.717, 1.165) is 19.3 Å². The Bertz CT molecular complexity index is 322. The van der Waals surface area contributed by atoms with Crippen LogP contribution in [0.15, 0.2) is 30.3 Å². The Balaban J connectivity index is 1.97. The van der Waals surface area contributed by atoms with E-state index in [1.807, 2.05) is 18.2 Å². The molecular weight excluding hydrogens is 228 g/mol. The van der Waals surface area contributed by atoms with E-state index in [-0.39, 0.29) is 12.6 Å². The molecule has 18 heavy (non-hydrogen) atoms. The fraction of sp³-hybridized carbons (Fsp3) is 0.533. The zero-order chi connectivity index (χ0) is 13.1. The molecule has 0 fully saturated rings. The van der Waals surface area contributed by atoms with Crippen LogP contribution in [0.4, 0.5) is 0 Å². The van der Waals surface area contributed by atoms with Crippen molar-refractivity contribution in [3.8, 4) is 0 Å². The standard InChI is InChI=1S/C15H22O3/c16-12-6-4-11-15(17)18-13-7-5-10-14-8-2-1-3-9-14/h1-3,8-9,16H,4-7,10-13H2. The molecule has 0 heterocycles. The molecule has 100 valence electrons. The molecule has 0 unspecified atom stereocenters. The third kappa shape index (κ3) is 7.07. The van der Waals surface area contributed by atoms with Crippen LogP contribution in [0.5, 0.6) is 0 Å². The van der Waals surface area contributed by atoms with Gasteiger partial charge in [-0.15, -0.1) is 0 Å². The third-order valence-corrected chi connectivity index (χ3v) is 2.75. The van der Waals surface area contributed by atoms with Crippen LogP contribution in [0.1, 0.15) is 37.7 Å². The summed E-state index contributed by atoms with van der Waals surface area (Å²) < 4.78 is 5.11. The predicted molar refractivity (Wildman–Crippen MR) is 71.3 cm³/mol. The lowest BCUT2D eigenvalue weighted by molar-refractivity contribution is -0.143. The maximum absolute atomic E-state index is 11.2. The van der Waals surface area contributed by atoms with Crippen molar-refractivity contribution in [2.24, 2.45) is 0 Å². The second-order valence-corrected chi connectivity index (χ2v) is 4.34. The van der Waals surface area contributed by atoms with Crippen LogP contribution in [0, 0.1) is 0 Å². The highest BCUT2D eigenvalue weighted by Gasteiger charge is 2.01. The molecule has 0 bridgehead atoms. The summed E-state index contributed by atoms with van der Waals surface area (Å²) >= 11 is 0. The molecule has 0 saturated carbocycles. The molecule has 1 aromatic rings. The fourth-order valence-corrected chi connectivity index (χ4v) is 1.72. The van der Waals surface area contributed by atoms with E-state index < -0.39 is 0 Å². The highest BCUT2D eigenvalue weighted by atomic mass is 16.5. The molecule has 1 aromatic carbocycles. The Labute approximate surface area is 109 Å². The molecule has 1 rings (SSSR count). The molecule has 3 nitrogen and oxygen atoms in total. The predicted octanol–water partition coefficient (Wildman–Crippen LogP) is 2.72. The monoisotopic (exact) mass is 250 g/mol. The van der Waals surface area contributed by atoms with Gasteiger partial charge in [0.05, 0.1) is 6.61 Å². The van der Waals surface area contributed by atoms with Gasteiger partial charge in [0.2, 0.25) is 0 Å². The minimum atomic E-state index is -0.150. The zero-order valence-corrected chi connectivity index (χ0v) is 10.8. The first-order chi connectivity index (χ1) is 8.83. The lowest BCUT2D eigenvalue weighted by Crippen LogP contribution is -2.06. The lowest BCUT2D eigenvalue weighted by Gasteiger charge is -2.04. The summed E-state index contributed by atoms with van der Waals surface area (Å²) in [6, 6.07) is 10.3. The average Bonchev–Trinajstić information content (AvgIpc) is 2.40.